The highest BCUT2D eigenvalue weighted by atomic mass is 32.1. The molecule has 0 spiro atoms. The molecule has 0 saturated carbocycles. The van der Waals surface area contributed by atoms with Crippen molar-refractivity contribution >= 4 is 11.3 Å². The van der Waals surface area contributed by atoms with Crippen LogP contribution in [0.15, 0.2) is 11.4 Å². The fourth-order valence-corrected chi connectivity index (χ4v) is 3.82. The number of ether oxygens (including phenoxy) is 1. The van der Waals surface area contributed by atoms with E-state index in [2.05, 4.69) is 51.5 Å². The minimum absolute atomic E-state index is 0.331. The van der Waals surface area contributed by atoms with E-state index in [1.807, 2.05) is 11.3 Å². The lowest BCUT2D eigenvalue weighted by molar-refractivity contribution is 0.0478. The summed E-state index contributed by atoms with van der Waals surface area (Å²) in [5, 5.41) is 5.76. The Morgan fingerprint density at radius 3 is 2.41 bits per heavy atom. The largest absolute Gasteiger partial charge is 0.375 e. The van der Waals surface area contributed by atoms with Gasteiger partial charge in [-0.15, -0.1) is 11.3 Å². The average Bonchev–Trinajstić information content (AvgIpc) is 2.79. The summed E-state index contributed by atoms with van der Waals surface area (Å²) in [5.41, 5.74) is 1.41. The molecule has 2 nitrogen and oxygen atoms in total. The Balaban J connectivity index is 2.24. The Bertz CT molecular complexity index is 376. The van der Waals surface area contributed by atoms with E-state index in [0.29, 0.717) is 30.1 Å². The zero-order chi connectivity index (χ0) is 12.6. The fourth-order valence-electron chi connectivity index (χ4n) is 3.08. The molecular formula is C14H23NOS. The summed E-state index contributed by atoms with van der Waals surface area (Å²) in [6.45, 7) is 8.87. The highest BCUT2D eigenvalue weighted by molar-refractivity contribution is 7.10. The van der Waals surface area contributed by atoms with Gasteiger partial charge < -0.3 is 10.1 Å². The molecule has 0 amide bonds. The van der Waals surface area contributed by atoms with Gasteiger partial charge in [0.15, 0.2) is 0 Å². The van der Waals surface area contributed by atoms with Crippen LogP contribution in [0.5, 0.6) is 0 Å². The first-order chi connectivity index (χ1) is 8.04. The quantitative estimate of drug-likeness (QED) is 0.891. The van der Waals surface area contributed by atoms with Gasteiger partial charge in [-0.05, 0) is 50.7 Å². The van der Waals surface area contributed by atoms with Crippen LogP contribution in [0, 0.1) is 18.8 Å². The second-order valence-electron chi connectivity index (χ2n) is 5.24. The minimum Gasteiger partial charge on any atom is -0.375 e. The number of rotatable bonds is 3. The van der Waals surface area contributed by atoms with Crippen LogP contribution < -0.4 is 5.32 Å². The third-order valence-corrected chi connectivity index (χ3v) is 5.00. The van der Waals surface area contributed by atoms with Crippen LogP contribution in [0.25, 0.3) is 0 Å². The molecule has 96 valence electrons. The predicted octanol–water partition coefficient (Wildman–Crippen LogP) is 3.38. The number of nitrogens with one attached hydrogen (secondary N) is 1. The Morgan fingerprint density at radius 2 is 2.00 bits per heavy atom. The third-order valence-electron chi connectivity index (χ3n) is 4.12. The van der Waals surface area contributed by atoms with Crippen LogP contribution in [0.3, 0.4) is 0 Å². The minimum atomic E-state index is 0.331. The van der Waals surface area contributed by atoms with E-state index in [0.717, 1.165) is 0 Å². The predicted molar refractivity (Wildman–Crippen MR) is 73.5 cm³/mol. The van der Waals surface area contributed by atoms with E-state index in [9.17, 15) is 0 Å². The summed E-state index contributed by atoms with van der Waals surface area (Å²) >= 11 is 1.83. The van der Waals surface area contributed by atoms with Crippen LogP contribution in [0.1, 0.15) is 37.3 Å². The second-order valence-corrected chi connectivity index (χ2v) is 6.36. The Morgan fingerprint density at radius 1 is 1.29 bits per heavy atom. The zero-order valence-corrected chi connectivity index (χ0v) is 12.2. The van der Waals surface area contributed by atoms with Gasteiger partial charge in [0.05, 0.1) is 12.2 Å². The van der Waals surface area contributed by atoms with Gasteiger partial charge in [0.25, 0.3) is 0 Å². The monoisotopic (exact) mass is 253 g/mol. The van der Waals surface area contributed by atoms with Crippen molar-refractivity contribution in [1.82, 2.24) is 5.32 Å². The molecule has 3 heteroatoms. The van der Waals surface area contributed by atoms with Crippen LogP contribution >= 0.6 is 11.3 Å². The maximum Gasteiger partial charge on any atom is 0.0600 e. The molecule has 1 aliphatic heterocycles. The zero-order valence-electron chi connectivity index (χ0n) is 11.4. The normalized spacial score (nSPS) is 35.1. The number of hydrogen-bond donors (Lipinski definition) is 1. The first kappa shape index (κ1) is 13.1. The van der Waals surface area contributed by atoms with Crippen LogP contribution in [-0.4, -0.2) is 19.3 Å². The SMILES string of the molecule is CNC(c1csc(C)c1)C1C(C)OC(C)C1C. The molecule has 1 N–H and O–H groups in total. The summed E-state index contributed by atoms with van der Waals surface area (Å²) in [6.07, 6.45) is 0.697. The molecule has 5 unspecified atom stereocenters. The van der Waals surface area contributed by atoms with Crippen LogP contribution in [0.2, 0.25) is 0 Å². The molecule has 5 atom stereocenters. The first-order valence-electron chi connectivity index (χ1n) is 6.42. The molecule has 17 heavy (non-hydrogen) atoms. The standard InChI is InChI=1S/C14H23NOS/c1-8-6-12(7-17-8)14(15-5)13-9(2)10(3)16-11(13)4/h6-7,9-11,13-15H,1-5H3. The van der Waals surface area contributed by atoms with Crippen molar-refractivity contribution in [3.8, 4) is 0 Å². The summed E-state index contributed by atoms with van der Waals surface area (Å²) in [5.74, 6) is 1.16. The van der Waals surface area contributed by atoms with Crippen molar-refractivity contribution in [2.24, 2.45) is 11.8 Å². The molecule has 0 aliphatic carbocycles. The van der Waals surface area contributed by atoms with Crippen LogP contribution in [0.4, 0.5) is 0 Å². The van der Waals surface area contributed by atoms with Gasteiger partial charge in [0.2, 0.25) is 0 Å². The molecule has 1 aromatic rings. The van der Waals surface area contributed by atoms with Crippen molar-refractivity contribution in [1.29, 1.82) is 0 Å². The molecular weight excluding hydrogens is 230 g/mol. The number of thiophene rings is 1. The molecule has 1 aromatic heterocycles. The van der Waals surface area contributed by atoms with Crippen molar-refractivity contribution in [3.63, 3.8) is 0 Å². The highest BCUT2D eigenvalue weighted by Crippen LogP contribution is 2.41. The summed E-state index contributed by atoms with van der Waals surface area (Å²) < 4.78 is 5.96. The molecule has 1 saturated heterocycles. The molecule has 0 bridgehead atoms. The molecule has 2 rings (SSSR count). The lowest BCUT2D eigenvalue weighted by Gasteiger charge is -2.28. The van der Waals surface area contributed by atoms with E-state index >= 15 is 0 Å². The van der Waals surface area contributed by atoms with Gasteiger partial charge >= 0.3 is 0 Å². The van der Waals surface area contributed by atoms with Gasteiger partial charge in [-0.25, -0.2) is 0 Å². The highest BCUT2D eigenvalue weighted by Gasteiger charge is 2.41. The van der Waals surface area contributed by atoms with Gasteiger partial charge in [-0.1, -0.05) is 6.92 Å². The molecule has 0 radical (unpaired) electrons. The van der Waals surface area contributed by atoms with Crippen molar-refractivity contribution < 1.29 is 4.74 Å². The molecule has 1 aliphatic rings. The van der Waals surface area contributed by atoms with E-state index in [4.69, 9.17) is 4.74 Å². The third kappa shape index (κ3) is 2.42. The van der Waals surface area contributed by atoms with Crippen molar-refractivity contribution in [2.45, 2.75) is 45.9 Å². The lowest BCUT2D eigenvalue weighted by Crippen LogP contribution is -2.32. The average molecular weight is 253 g/mol. The van der Waals surface area contributed by atoms with E-state index in [-0.39, 0.29) is 0 Å². The van der Waals surface area contributed by atoms with E-state index in [1.165, 1.54) is 10.4 Å². The van der Waals surface area contributed by atoms with Crippen LogP contribution in [-0.2, 0) is 4.74 Å². The molecule has 0 aromatic carbocycles. The summed E-state index contributed by atoms with van der Waals surface area (Å²) in [7, 11) is 2.06. The van der Waals surface area contributed by atoms with Gasteiger partial charge in [-0.3, -0.25) is 0 Å². The smallest absolute Gasteiger partial charge is 0.0600 e. The van der Waals surface area contributed by atoms with Gasteiger partial charge in [0.1, 0.15) is 0 Å². The first-order valence-corrected chi connectivity index (χ1v) is 7.30. The summed E-state index contributed by atoms with van der Waals surface area (Å²) in [6, 6.07) is 2.71. The number of aryl methyl sites for hydroxylation is 1. The topological polar surface area (TPSA) is 21.3 Å². The summed E-state index contributed by atoms with van der Waals surface area (Å²) in [4.78, 5) is 1.38. The molecule has 1 fully saturated rings. The molecule has 2 heterocycles. The van der Waals surface area contributed by atoms with Crippen molar-refractivity contribution in [3.05, 3.63) is 21.9 Å². The Hall–Kier alpha value is -0.380. The lowest BCUT2D eigenvalue weighted by atomic mass is 9.81. The maximum atomic E-state index is 5.96. The van der Waals surface area contributed by atoms with Crippen molar-refractivity contribution in [2.75, 3.05) is 7.05 Å². The van der Waals surface area contributed by atoms with E-state index in [1.54, 1.807) is 0 Å². The van der Waals surface area contributed by atoms with Gasteiger partial charge in [0, 0.05) is 16.8 Å². The maximum absolute atomic E-state index is 5.96. The van der Waals surface area contributed by atoms with E-state index < -0.39 is 0 Å². The number of hydrogen-bond acceptors (Lipinski definition) is 3. The fraction of sp³-hybridized carbons (Fsp3) is 0.714. The Labute approximate surface area is 108 Å². The Kier molecular flexibility index (Phi) is 3.91. The second kappa shape index (κ2) is 5.09. The van der Waals surface area contributed by atoms with Gasteiger partial charge in [-0.2, -0.15) is 0 Å².